The van der Waals surface area contributed by atoms with Gasteiger partial charge in [0.2, 0.25) is 0 Å². The molecule has 11 nitrogen and oxygen atoms in total. The fraction of sp³-hybridized carbons (Fsp3) is 0.971. The normalized spacial score (nSPS) is 51.7. The summed E-state index contributed by atoms with van der Waals surface area (Å²) in [7, 11) is 1.52. The van der Waals surface area contributed by atoms with Gasteiger partial charge in [-0.05, 0) is 64.7 Å². The fourth-order valence-electron chi connectivity index (χ4n) is 9.64. The molecule has 0 saturated carbocycles. The molecular formula is C35H60O11. The van der Waals surface area contributed by atoms with Gasteiger partial charge in [0, 0.05) is 37.7 Å². The Morgan fingerprint density at radius 1 is 0.978 bits per heavy atom. The summed E-state index contributed by atoms with van der Waals surface area (Å²) in [6, 6.07) is 0. The first kappa shape index (κ1) is 36.4. The molecule has 17 atom stereocenters. The third-order valence-electron chi connectivity index (χ3n) is 12.6. The smallest absolute Gasteiger partial charge is 0.308 e. The van der Waals surface area contributed by atoms with E-state index in [0.29, 0.717) is 19.3 Å². The van der Waals surface area contributed by atoms with Crippen LogP contribution in [0.3, 0.4) is 0 Å². The van der Waals surface area contributed by atoms with Crippen LogP contribution < -0.4 is 0 Å². The molecule has 5 heterocycles. The number of rotatable bonds is 9. The number of hydrogen-bond acceptors (Lipinski definition) is 10. The van der Waals surface area contributed by atoms with Crippen LogP contribution in [0.4, 0.5) is 0 Å². The first-order chi connectivity index (χ1) is 21.4. The van der Waals surface area contributed by atoms with Crippen LogP contribution in [0.1, 0.15) is 100 Å². The summed E-state index contributed by atoms with van der Waals surface area (Å²) in [6.07, 6.45) is 2.15. The van der Waals surface area contributed by atoms with Gasteiger partial charge in [0.15, 0.2) is 11.6 Å². The lowest BCUT2D eigenvalue weighted by molar-refractivity contribution is -0.336. The SMILES string of the molecule is CO[C@@H]([C@@H](C)[C@@H]1O[C@]2(CC[C@](C)([C@@H]3CC[C@](C)([C@H]4O[C@H]([C@@H]5O[C@](O)(CO)[C@@H](C)C[C@H]5C)C[C@H]4C)O3)O2)C[C@@H](O)[C@@H]1C)[C@H](C)C(=O)O. The first-order valence-electron chi connectivity index (χ1n) is 17.6. The van der Waals surface area contributed by atoms with Gasteiger partial charge >= 0.3 is 5.97 Å². The van der Waals surface area contributed by atoms with Crippen molar-refractivity contribution in [1.29, 1.82) is 0 Å². The molecule has 4 N–H and O–H groups in total. The number of aliphatic carboxylic acids is 1. The molecular weight excluding hydrogens is 596 g/mol. The lowest BCUT2D eigenvalue weighted by Crippen LogP contribution is -2.57. The maximum atomic E-state index is 11.8. The van der Waals surface area contributed by atoms with E-state index in [1.165, 1.54) is 7.11 Å². The number of aliphatic hydroxyl groups is 3. The molecule has 5 fully saturated rings. The van der Waals surface area contributed by atoms with Gasteiger partial charge in [-0.1, -0.05) is 34.6 Å². The molecule has 0 aromatic heterocycles. The Morgan fingerprint density at radius 3 is 2.30 bits per heavy atom. The highest BCUT2D eigenvalue weighted by Crippen LogP contribution is 2.54. The van der Waals surface area contributed by atoms with Crippen LogP contribution in [-0.2, 0) is 33.2 Å². The zero-order chi connectivity index (χ0) is 34.0. The van der Waals surface area contributed by atoms with Crippen LogP contribution in [0.15, 0.2) is 0 Å². The topological polar surface area (TPSA) is 153 Å². The van der Waals surface area contributed by atoms with Crippen LogP contribution in [0.2, 0.25) is 0 Å². The molecule has 5 rings (SSSR count). The van der Waals surface area contributed by atoms with Crippen LogP contribution in [0, 0.1) is 35.5 Å². The van der Waals surface area contributed by atoms with Gasteiger partial charge in [-0.15, -0.1) is 0 Å². The molecule has 0 radical (unpaired) electrons. The van der Waals surface area contributed by atoms with Crippen molar-refractivity contribution in [3.8, 4) is 0 Å². The molecule has 1 spiro atoms. The van der Waals surface area contributed by atoms with Gasteiger partial charge in [0.25, 0.3) is 0 Å². The average molecular weight is 657 g/mol. The number of ether oxygens (including phenoxy) is 6. The molecule has 11 heteroatoms. The van der Waals surface area contributed by atoms with Gasteiger partial charge in [0.05, 0.1) is 66.5 Å². The Bertz CT molecular complexity index is 1090. The van der Waals surface area contributed by atoms with E-state index in [0.717, 1.165) is 25.7 Å². The molecule has 0 aromatic rings. The largest absolute Gasteiger partial charge is 0.481 e. The molecule has 5 saturated heterocycles. The zero-order valence-electron chi connectivity index (χ0n) is 29.3. The molecule has 266 valence electrons. The maximum absolute atomic E-state index is 11.8. The minimum absolute atomic E-state index is 0.167. The highest BCUT2D eigenvalue weighted by molar-refractivity contribution is 5.70. The Morgan fingerprint density at radius 2 is 1.67 bits per heavy atom. The first-order valence-corrected chi connectivity index (χ1v) is 17.6. The van der Waals surface area contributed by atoms with E-state index < -0.39 is 59.6 Å². The number of aliphatic hydroxyl groups excluding tert-OH is 2. The maximum Gasteiger partial charge on any atom is 0.308 e. The van der Waals surface area contributed by atoms with Crippen molar-refractivity contribution in [2.75, 3.05) is 13.7 Å². The number of hydrogen-bond donors (Lipinski definition) is 4. The summed E-state index contributed by atoms with van der Waals surface area (Å²) in [4.78, 5) is 11.8. The second kappa shape index (κ2) is 13.1. The quantitative estimate of drug-likeness (QED) is 0.286. The monoisotopic (exact) mass is 656 g/mol. The summed E-state index contributed by atoms with van der Waals surface area (Å²) in [5.74, 6) is -4.52. The third-order valence-corrected chi connectivity index (χ3v) is 12.6. The number of methoxy groups -OCH3 is 1. The molecule has 0 amide bonds. The van der Waals surface area contributed by atoms with Crippen molar-refractivity contribution in [1.82, 2.24) is 0 Å². The van der Waals surface area contributed by atoms with E-state index in [1.807, 2.05) is 20.8 Å². The molecule has 46 heavy (non-hydrogen) atoms. The van der Waals surface area contributed by atoms with E-state index in [-0.39, 0.29) is 54.0 Å². The summed E-state index contributed by atoms with van der Waals surface area (Å²) < 4.78 is 39.1. The Hall–Kier alpha value is -0.890. The fourth-order valence-corrected chi connectivity index (χ4v) is 9.64. The van der Waals surface area contributed by atoms with Crippen LogP contribution >= 0.6 is 0 Å². The van der Waals surface area contributed by atoms with Gasteiger partial charge in [-0.25, -0.2) is 0 Å². The molecule has 5 aliphatic rings. The summed E-state index contributed by atoms with van der Waals surface area (Å²) in [5, 5.41) is 41.7. The van der Waals surface area contributed by atoms with Crippen molar-refractivity contribution in [2.24, 2.45) is 35.5 Å². The van der Waals surface area contributed by atoms with Gasteiger partial charge < -0.3 is 48.8 Å². The average Bonchev–Trinajstić information content (AvgIpc) is 3.69. The molecule has 0 aromatic carbocycles. The lowest BCUT2D eigenvalue weighted by Gasteiger charge is -2.48. The number of carbonyl (C=O) groups is 1. The van der Waals surface area contributed by atoms with Crippen LogP contribution in [0.5, 0.6) is 0 Å². The van der Waals surface area contributed by atoms with E-state index in [1.54, 1.807) is 6.92 Å². The second-order valence-corrected chi connectivity index (χ2v) is 16.2. The summed E-state index contributed by atoms with van der Waals surface area (Å²) >= 11 is 0. The minimum Gasteiger partial charge on any atom is -0.481 e. The lowest BCUT2D eigenvalue weighted by atomic mass is 9.78. The predicted octanol–water partition coefficient (Wildman–Crippen LogP) is 3.88. The van der Waals surface area contributed by atoms with Crippen molar-refractivity contribution in [3.63, 3.8) is 0 Å². The summed E-state index contributed by atoms with van der Waals surface area (Å²) in [5.41, 5.74) is -1.19. The highest BCUT2D eigenvalue weighted by atomic mass is 16.7. The Kier molecular flexibility index (Phi) is 10.4. The van der Waals surface area contributed by atoms with E-state index in [4.69, 9.17) is 28.4 Å². The number of carboxylic acid groups (broad SMARTS) is 1. The predicted molar refractivity (Wildman–Crippen MR) is 168 cm³/mol. The number of carboxylic acids is 1. The molecule has 0 bridgehead atoms. The van der Waals surface area contributed by atoms with Crippen molar-refractivity contribution < 1.29 is 53.6 Å². The van der Waals surface area contributed by atoms with Crippen LogP contribution in [-0.4, -0.2) is 106 Å². The van der Waals surface area contributed by atoms with Crippen molar-refractivity contribution in [2.45, 2.75) is 166 Å². The third kappa shape index (κ3) is 6.42. The standard InChI is InChI=1S/C35H60O11/c1-18-14-20(3)35(40,17-36)45-27(18)25-15-19(2)30(42-25)33(8)11-10-26(43-33)32(7)12-13-34(46-32)16-24(37)21(4)29(44-34)22(5)28(41-9)23(6)31(38)39/h18-30,36-37,40H,10-17H2,1-9H3,(H,38,39)/t18-,19-,20+,21+,22-,23+,24-,25+,26+,27-,28+,29-,30+,32-,33-,34+,35-/m1/s1. The second-order valence-electron chi connectivity index (χ2n) is 16.2. The van der Waals surface area contributed by atoms with Crippen molar-refractivity contribution in [3.05, 3.63) is 0 Å². The van der Waals surface area contributed by atoms with Gasteiger partial charge in [-0.2, -0.15) is 0 Å². The molecule has 0 aliphatic carbocycles. The Balaban J connectivity index is 1.26. The zero-order valence-corrected chi connectivity index (χ0v) is 29.3. The van der Waals surface area contributed by atoms with Gasteiger partial charge in [-0.3, -0.25) is 4.79 Å². The highest BCUT2D eigenvalue weighted by Gasteiger charge is 2.61. The Labute approximate surface area is 274 Å². The van der Waals surface area contributed by atoms with Crippen LogP contribution in [0.25, 0.3) is 0 Å². The molecule has 0 unspecified atom stereocenters. The molecule has 5 aliphatic heterocycles. The van der Waals surface area contributed by atoms with Crippen molar-refractivity contribution >= 4 is 5.97 Å². The van der Waals surface area contributed by atoms with E-state index in [2.05, 4.69) is 27.7 Å². The summed E-state index contributed by atoms with van der Waals surface area (Å²) in [6.45, 7) is 15.5. The van der Waals surface area contributed by atoms with Gasteiger partial charge in [0.1, 0.15) is 0 Å². The van der Waals surface area contributed by atoms with E-state index >= 15 is 0 Å². The minimum atomic E-state index is -1.56. The van der Waals surface area contributed by atoms with E-state index in [9.17, 15) is 25.2 Å².